The Hall–Kier alpha value is -0.420. The number of nitrogens with one attached hydrogen (secondary N) is 2. The van der Waals surface area contributed by atoms with E-state index in [2.05, 4.69) is 14.2 Å². The van der Waals surface area contributed by atoms with E-state index >= 15 is 0 Å². The molecule has 0 saturated carbocycles. The zero-order valence-electron chi connectivity index (χ0n) is 6.14. The Kier molecular flexibility index (Phi) is 6.42. The minimum absolute atomic E-state index is 0.436. The third-order valence-corrected chi connectivity index (χ3v) is 1.36. The highest BCUT2D eigenvalue weighted by Crippen LogP contribution is 1.86. The van der Waals surface area contributed by atoms with Crippen molar-refractivity contribution in [2.45, 2.75) is 13.3 Å². The monoisotopic (exact) mass is 164 g/mol. The Labute approximate surface area is 65.0 Å². The number of hydrogen-bond acceptors (Lipinski definition) is 4. The van der Waals surface area contributed by atoms with Crippen LogP contribution < -0.4 is 9.44 Å². The van der Waals surface area contributed by atoms with Crippen molar-refractivity contribution in [3.05, 3.63) is 0 Å². The number of rotatable bonds is 4. The van der Waals surface area contributed by atoms with E-state index in [1.807, 2.05) is 6.92 Å². The zero-order chi connectivity index (χ0) is 7.82. The molecule has 0 spiro atoms. The highest BCUT2D eigenvalue weighted by atomic mass is 32.2. The van der Waals surface area contributed by atoms with Crippen molar-refractivity contribution < 1.29 is 9.53 Å². The summed E-state index contributed by atoms with van der Waals surface area (Å²) in [7, 11) is 1.33. The standard InChI is InChI=1S/C5H12N2O2S/c1-3-4-6-10-7-5(8)9-2/h6H,3-4H2,1-2H3,(H,7,8). The Morgan fingerprint density at radius 1 is 1.70 bits per heavy atom. The molecule has 0 fully saturated rings. The van der Waals surface area contributed by atoms with E-state index in [1.54, 1.807) is 0 Å². The van der Waals surface area contributed by atoms with Crippen molar-refractivity contribution in [1.82, 2.24) is 9.44 Å². The average molecular weight is 164 g/mol. The lowest BCUT2D eigenvalue weighted by molar-refractivity contribution is 0.178. The van der Waals surface area contributed by atoms with Gasteiger partial charge in [0.05, 0.1) is 7.11 Å². The topological polar surface area (TPSA) is 50.4 Å². The van der Waals surface area contributed by atoms with Gasteiger partial charge in [-0.1, -0.05) is 6.92 Å². The van der Waals surface area contributed by atoms with Gasteiger partial charge in [-0.05, 0) is 6.42 Å². The molecule has 0 aliphatic heterocycles. The molecule has 60 valence electrons. The maximum atomic E-state index is 10.4. The van der Waals surface area contributed by atoms with Gasteiger partial charge in [0.2, 0.25) is 0 Å². The molecule has 0 aromatic rings. The molecule has 10 heavy (non-hydrogen) atoms. The average Bonchev–Trinajstić information content (AvgIpc) is 1.98. The van der Waals surface area contributed by atoms with Crippen LogP contribution in [-0.2, 0) is 4.74 Å². The van der Waals surface area contributed by atoms with E-state index in [-0.39, 0.29) is 0 Å². The summed E-state index contributed by atoms with van der Waals surface area (Å²) in [5.74, 6) is 0. The molecule has 0 unspecified atom stereocenters. The molecule has 0 aliphatic carbocycles. The molecule has 0 saturated heterocycles. The van der Waals surface area contributed by atoms with Crippen LogP contribution in [0.15, 0.2) is 0 Å². The summed E-state index contributed by atoms with van der Waals surface area (Å²) < 4.78 is 9.64. The van der Waals surface area contributed by atoms with Crippen LogP contribution >= 0.6 is 12.1 Å². The van der Waals surface area contributed by atoms with Gasteiger partial charge in [0.25, 0.3) is 0 Å². The Balaban J connectivity index is 2.96. The van der Waals surface area contributed by atoms with Crippen LogP contribution in [0.4, 0.5) is 4.79 Å². The zero-order valence-corrected chi connectivity index (χ0v) is 6.96. The van der Waals surface area contributed by atoms with Crippen molar-refractivity contribution in [3.63, 3.8) is 0 Å². The molecule has 0 aromatic heterocycles. The maximum absolute atomic E-state index is 10.4. The lowest BCUT2D eigenvalue weighted by atomic mass is 10.5. The second-order valence-electron chi connectivity index (χ2n) is 1.59. The predicted molar refractivity (Wildman–Crippen MR) is 41.4 cm³/mol. The van der Waals surface area contributed by atoms with E-state index in [4.69, 9.17) is 0 Å². The summed E-state index contributed by atoms with van der Waals surface area (Å²) in [6.07, 6.45) is 0.601. The third kappa shape index (κ3) is 5.71. The smallest absolute Gasteiger partial charge is 0.417 e. The predicted octanol–water partition coefficient (Wildman–Crippen LogP) is 0.905. The molecule has 1 amide bonds. The molecule has 0 aliphatic rings. The summed E-state index contributed by atoms with van der Waals surface area (Å²) in [4.78, 5) is 10.4. The number of carbonyl (C=O) groups excluding carboxylic acids is 1. The second-order valence-corrected chi connectivity index (χ2v) is 2.29. The largest absolute Gasteiger partial charge is 0.452 e. The van der Waals surface area contributed by atoms with Crippen molar-refractivity contribution in [3.8, 4) is 0 Å². The number of methoxy groups -OCH3 is 1. The maximum Gasteiger partial charge on any atom is 0.417 e. The van der Waals surface area contributed by atoms with Crippen molar-refractivity contribution in [1.29, 1.82) is 0 Å². The number of amides is 1. The van der Waals surface area contributed by atoms with Crippen LogP contribution in [0.3, 0.4) is 0 Å². The highest BCUT2D eigenvalue weighted by molar-refractivity contribution is 7.96. The molecule has 5 heteroatoms. The van der Waals surface area contributed by atoms with Crippen LogP contribution in [0, 0.1) is 0 Å². The SMILES string of the molecule is CCCNSNC(=O)OC. The second kappa shape index (κ2) is 6.70. The van der Waals surface area contributed by atoms with E-state index in [1.165, 1.54) is 7.11 Å². The number of carbonyl (C=O) groups is 1. The molecule has 0 radical (unpaired) electrons. The Morgan fingerprint density at radius 3 is 2.90 bits per heavy atom. The molecule has 0 rings (SSSR count). The minimum Gasteiger partial charge on any atom is -0.452 e. The summed E-state index contributed by atoms with van der Waals surface area (Å²) in [6.45, 7) is 2.92. The number of hydrogen-bond donors (Lipinski definition) is 2. The van der Waals surface area contributed by atoms with E-state index in [0.717, 1.165) is 25.1 Å². The highest BCUT2D eigenvalue weighted by Gasteiger charge is 1.94. The van der Waals surface area contributed by atoms with Gasteiger partial charge >= 0.3 is 6.09 Å². The van der Waals surface area contributed by atoms with Gasteiger partial charge in [-0.2, -0.15) is 0 Å². The van der Waals surface area contributed by atoms with Crippen LogP contribution in [-0.4, -0.2) is 19.7 Å². The molecular weight excluding hydrogens is 152 g/mol. The van der Waals surface area contributed by atoms with Gasteiger partial charge in [-0.15, -0.1) is 0 Å². The molecule has 0 bridgehead atoms. The van der Waals surface area contributed by atoms with Gasteiger partial charge in [0, 0.05) is 18.7 Å². The van der Waals surface area contributed by atoms with Gasteiger partial charge < -0.3 is 4.74 Å². The lowest BCUT2D eigenvalue weighted by Gasteiger charge is -2.01. The molecule has 4 nitrogen and oxygen atoms in total. The Bertz CT molecular complexity index is 99.6. The van der Waals surface area contributed by atoms with E-state index in [9.17, 15) is 4.79 Å². The van der Waals surface area contributed by atoms with Crippen LogP contribution in [0.1, 0.15) is 13.3 Å². The van der Waals surface area contributed by atoms with Gasteiger partial charge in [0.1, 0.15) is 0 Å². The summed E-state index contributed by atoms with van der Waals surface area (Å²) >= 11 is 1.14. The first-order chi connectivity index (χ1) is 4.81. The molecular formula is C5H12N2O2S. The van der Waals surface area contributed by atoms with E-state index in [0.29, 0.717) is 0 Å². The van der Waals surface area contributed by atoms with Crippen LogP contribution in [0.5, 0.6) is 0 Å². The molecule has 0 aromatic carbocycles. The van der Waals surface area contributed by atoms with E-state index < -0.39 is 6.09 Å². The van der Waals surface area contributed by atoms with Crippen molar-refractivity contribution in [2.24, 2.45) is 0 Å². The minimum atomic E-state index is -0.436. The summed E-state index contributed by atoms with van der Waals surface area (Å²) in [6, 6.07) is 0. The summed E-state index contributed by atoms with van der Waals surface area (Å²) in [5.41, 5.74) is 0. The van der Waals surface area contributed by atoms with Crippen LogP contribution in [0.2, 0.25) is 0 Å². The third-order valence-electron chi connectivity index (χ3n) is 0.744. The quantitative estimate of drug-likeness (QED) is 0.479. The van der Waals surface area contributed by atoms with Gasteiger partial charge in [0.15, 0.2) is 0 Å². The fraction of sp³-hybridized carbons (Fsp3) is 0.800. The normalized spacial score (nSPS) is 9.00. The molecule has 0 heterocycles. The van der Waals surface area contributed by atoms with Crippen LogP contribution in [0.25, 0.3) is 0 Å². The first kappa shape index (κ1) is 9.58. The molecule has 2 N–H and O–H groups in total. The fourth-order valence-electron chi connectivity index (χ4n) is 0.273. The number of ether oxygens (including phenoxy) is 1. The lowest BCUT2D eigenvalue weighted by Crippen LogP contribution is -2.20. The van der Waals surface area contributed by atoms with Gasteiger partial charge in [-0.25, -0.2) is 9.52 Å². The van der Waals surface area contributed by atoms with Crippen molar-refractivity contribution >= 4 is 18.2 Å². The summed E-state index contributed by atoms with van der Waals surface area (Å²) in [5, 5.41) is 0. The molecule has 0 atom stereocenters. The van der Waals surface area contributed by atoms with Gasteiger partial charge in [-0.3, -0.25) is 4.72 Å². The fourth-order valence-corrected chi connectivity index (χ4v) is 0.818. The Morgan fingerprint density at radius 2 is 2.40 bits per heavy atom. The van der Waals surface area contributed by atoms with Crippen molar-refractivity contribution in [2.75, 3.05) is 13.7 Å². The first-order valence-corrected chi connectivity index (χ1v) is 3.85. The first-order valence-electron chi connectivity index (χ1n) is 3.04.